The highest BCUT2D eigenvalue weighted by Crippen LogP contribution is 2.42. The van der Waals surface area contributed by atoms with E-state index in [9.17, 15) is 4.79 Å². The highest BCUT2D eigenvalue weighted by Gasteiger charge is 2.18. The van der Waals surface area contributed by atoms with E-state index in [2.05, 4.69) is 20.4 Å². The maximum atomic E-state index is 12.6. The van der Waals surface area contributed by atoms with E-state index < -0.39 is 5.56 Å². The molecule has 2 N–H and O–H groups in total. The number of azo groups is 1. The fourth-order valence-electron chi connectivity index (χ4n) is 4.30. The van der Waals surface area contributed by atoms with Crippen LogP contribution in [0.15, 0.2) is 100.0 Å². The number of nitrogens with one attached hydrogen (secondary N) is 2. The average Bonchev–Trinajstić information content (AvgIpc) is 3.36. The standard InChI is InChI=1S/C31H28N4O5/c1-19-10-13-22(18-25(19)20-11-14-24(15-12-20)40-23-8-6-5-7-9-23)32-34-29-28(33-35-31(29)36)21-16-26(37-2)30(39-4)27(17-21)38-3/h5-18H,1-4H3,(H2,33,35,36). The monoisotopic (exact) mass is 536 g/mol. The van der Waals surface area contributed by atoms with Crippen LogP contribution >= 0.6 is 0 Å². The minimum atomic E-state index is -0.408. The number of aryl methyl sites for hydroxylation is 1. The average molecular weight is 537 g/mol. The summed E-state index contributed by atoms with van der Waals surface area (Å²) in [6.07, 6.45) is 0. The number of rotatable bonds is 9. The van der Waals surface area contributed by atoms with E-state index in [1.165, 1.54) is 21.3 Å². The molecule has 0 atom stereocenters. The first kappa shape index (κ1) is 26.3. The molecule has 5 rings (SSSR count). The van der Waals surface area contributed by atoms with Crippen molar-refractivity contribution in [2.45, 2.75) is 6.92 Å². The van der Waals surface area contributed by atoms with Gasteiger partial charge in [-0.1, -0.05) is 36.4 Å². The van der Waals surface area contributed by atoms with E-state index in [0.717, 1.165) is 28.2 Å². The van der Waals surface area contributed by atoms with Gasteiger partial charge in [0, 0.05) is 5.56 Å². The van der Waals surface area contributed by atoms with Crippen LogP contribution in [0.3, 0.4) is 0 Å². The normalized spacial score (nSPS) is 11.0. The molecule has 40 heavy (non-hydrogen) atoms. The summed E-state index contributed by atoms with van der Waals surface area (Å²) in [5.41, 5.74) is 4.45. The minimum Gasteiger partial charge on any atom is -0.493 e. The first-order valence-corrected chi connectivity index (χ1v) is 12.5. The lowest BCUT2D eigenvalue weighted by Gasteiger charge is -2.13. The molecule has 0 aliphatic rings. The predicted molar refractivity (Wildman–Crippen MR) is 154 cm³/mol. The number of H-pyrrole nitrogens is 2. The summed E-state index contributed by atoms with van der Waals surface area (Å²) in [7, 11) is 4.58. The summed E-state index contributed by atoms with van der Waals surface area (Å²) in [5.74, 6) is 2.87. The highest BCUT2D eigenvalue weighted by molar-refractivity contribution is 5.76. The molecule has 0 bridgehead atoms. The zero-order valence-corrected chi connectivity index (χ0v) is 22.5. The first-order chi connectivity index (χ1) is 19.5. The van der Waals surface area contributed by atoms with Gasteiger partial charge in [0.05, 0.1) is 32.7 Å². The zero-order valence-electron chi connectivity index (χ0n) is 22.5. The van der Waals surface area contributed by atoms with Crippen LogP contribution in [0.2, 0.25) is 0 Å². The first-order valence-electron chi connectivity index (χ1n) is 12.5. The second-order valence-electron chi connectivity index (χ2n) is 8.86. The van der Waals surface area contributed by atoms with Crippen molar-refractivity contribution in [1.82, 2.24) is 10.2 Å². The van der Waals surface area contributed by atoms with E-state index in [4.69, 9.17) is 18.9 Å². The Morgan fingerprint density at radius 2 is 1.35 bits per heavy atom. The highest BCUT2D eigenvalue weighted by atomic mass is 16.5. The predicted octanol–water partition coefficient (Wildman–Crippen LogP) is 7.58. The summed E-state index contributed by atoms with van der Waals surface area (Å²) in [5, 5.41) is 14.2. The smallest absolute Gasteiger partial charge is 0.292 e. The summed E-state index contributed by atoms with van der Waals surface area (Å²) >= 11 is 0. The Balaban J connectivity index is 1.43. The number of hydrogen-bond donors (Lipinski definition) is 2. The lowest BCUT2D eigenvalue weighted by molar-refractivity contribution is 0.324. The molecular formula is C31H28N4O5. The van der Waals surface area contributed by atoms with Crippen LogP contribution in [0.1, 0.15) is 5.56 Å². The van der Waals surface area contributed by atoms with Crippen LogP contribution in [0.5, 0.6) is 28.7 Å². The van der Waals surface area contributed by atoms with Gasteiger partial charge in [-0.15, -0.1) is 5.11 Å². The van der Waals surface area contributed by atoms with Gasteiger partial charge in [-0.2, -0.15) is 5.11 Å². The molecule has 9 nitrogen and oxygen atoms in total. The molecule has 5 aromatic rings. The van der Waals surface area contributed by atoms with Gasteiger partial charge in [-0.3, -0.25) is 15.0 Å². The van der Waals surface area contributed by atoms with E-state index in [-0.39, 0.29) is 5.69 Å². The van der Waals surface area contributed by atoms with Gasteiger partial charge in [0.1, 0.15) is 11.5 Å². The molecule has 4 aromatic carbocycles. The summed E-state index contributed by atoms with van der Waals surface area (Å²) in [6, 6.07) is 26.7. The van der Waals surface area contributed by atoms with E-state index in [1.807, 2.05) is 79.7 Å². The van der Waals surface area contributed by atoms with Crippen molar-refractivity contribution in [2.24, 2.45) is 10.2 Å². The summed E-state index contributed by atoms with van der Waals surface area (Å²) in [6.45, 7) is 2.03. The number of hydrogen-bond acceptors (Lipinski definition) is 7. The molecule has 0 spiro atoms. The van der Waals surface area contributed by atoms with Gasteiger partial charge < -0.3 is 18.9 Å². The Bertz CT molecular complexity index is 1680. The molecule has 0 aliphatic heterocycles. The van der Waals surface area contributed by atoms with Crippen molar-refractivity contribution in [1.29, 1.82) is 0 Å². The maximum Gasteiger partial charge on any atom is 0.292 e. The number of methoxy groups -OCH3 is 3. The van der Waals surface area contributed by atoms with E-state index >= 15 is 0 Å². The number of aromatic nitrogens is 2. The fraction of sp³-hybridized carbons (Fsp3) is 0.129. The fourth-order valence-corrected chi connectivity index (χ4v) is 4.30. The van der Waals surface area contributed by atoms with Crippen molar-refractivity contribution in [3.05, 3.63) is 101 Å². The van der Waals surface area contributed by atoms with Crippen molar-refractivity contribution < 1.29 is 18.9 Å². The van der Waals surface area contributed by atoms with Gasteiger partial charge in [0.2, 0.25) is 5.75 Å². The summed E-state index contributed by atoms with van der Waals surface area (Å²) < 4.78 is 22.2. The molecule has 0 amide bonds. The molecule has 9 heteroatoms. The SMILES string of the molecule is COc1cc(-c2[nH][nH]c(=O)c2N=Nc2ccc(C)c(-c3ccc(Oc4ccccc4)cc3)c2)cc(OC)c1OC. The third-order valence-electron chi connectivity index (χ3n) is 6.34. The molecule has 0 unspecified atom stereocenters. The molecular weight excluding hydrogens is 508 g/mol. The van der Waals surface area contributed by atoms with Gasteiger partial charge in [-0.25, -0.2) is 0 Å². The van der Waals surface area contributed by atoms with Crippen molar-refractivity contribution >= 4 is 11.4 Å². The van der Waals surface area contributed by atoms with Crippen LogP contribution < -0.4 is 24.5 Å². The lowest BCUT2D eigenvalue weighted by Crippen LogP contribution is -1.97. The Labute approximate surface area is 231 Å². The molecule has 1 heterocycles. The molecule has 1 aromatic heterocycles. The van der Waals surface area contributed by atoms with Crippen molar-refractivity contribution in [3.8, 4) is 51.1 Å². The summed E-state index contributed by atoms with van der Waals surface area (Å²) in [4.78, 5) is 12.6. The van der Waals surface area contributed by atoms with Crippen LogP contribution in [0, 0.1) is 6.92 Å². The van der Waals surface area contributed by atoms with E-state index in [1.54, 1.807) is 12.1 Å². The third kappa shape index (κ3) is 5.44. The zero-order chi connectivity index (χ0) is 28.1. The Morgan fingerprint density at radius 1 is 0.675 bits per heavy atom. The molecule has 0 fully saturated rings. The molecule has 0 saturated heterocycles. The Morgan fingerprint density at radius 3 is 2.00 bits per heavy atom. The van der Waals surface area contributed by atoms with Crippen LogP contribution in [0.4, 0.5) is 11.4 Å². The van der Waals surface area contributed by atoms with Gasteiger partial charge in [0.25, 0.3) is 5.56 Å². The minimum absolute atomic E-state index is 0.124. The Hall–Kier alpha value is -5.31. The van der Waals surface area contributed by atoms with Gasteiger partial charge in [-0.05, 0) is 72.1 Å². The Kier molecular flexibility index (Phi) is 7.63. The van der Waals surface area contributed by atoms with Gasteiger partial charge >= 0.3 is 0 Å². The lowest BCUT2D eigenvalue weighted by atomic mass is 10.00. The molecule has 0 radical (unpaired) electrons. The number of ether oxygens (including phenoxy) is 4. The van der Waals surface area contributed by atoms with E-state index in [0.29, 0.717) is 34.2 Å². The van der Waals surface area contributed by atoms with Crippen molar-refractivity contribution in [3.63, 3.8) is 0 Å². The molecule has 0 aliphatic carbocycles. The van der Waals surface area contributed by atoms with Crippen LogP contribution in [0.25, 0.3) is 22.4 Å². The number of para-hydroxylation sites is 1. The quantitative estimate of drug-likeness (QED) is 0.189. The largest absolute Gasteiger partial charge is 0.493 e. The molecule has 202 valence electrons. The van der Waals surface area contributed by atoms with Crippen LogP contribution in [-0.2, 0) is 0 Å². The maximum absolute atomic E-state index is 12.6. The second-order valence-corrected chi connectivity index (χ2v) is 8.86. The number of aromatic amines is 2. The van der Waals surface area contributed by atoms with Gasteiger partial charge in [0.15, 0.2) is 17.2 Å². The third-order valence-corrected chi connectivity index (χ3v) is 6.34. The second kappa shape index (κ2) is 11.6. The van der Waals surface area contributed by atoms with Crippen LogP contribution in [-0.4, -0.2) is 31.5 Å². The topological polar surface area (TPSA) is 110 Å². The number of benzene rings is 4. The number of nitrogens with zero attached hydrogens (tertiary/aromatic N) is 2. The van der Waals surface area contributed by atoms with Crippen molar-refractivity contribution in [2.75, 3.05) is 21.3 Å². The molecule has 0 saturated carbocycles.